The monoisotopic (exact) mass is 547 g/mol. The average molecular weight is 548 g/mol. The number of hydrogen-bond donors (Lipinski definition) is 2. The van der Waals surface area contributed by atoms with Crippen LogP contribution in [0.5, 0.6) is 0 Å². The fourth-order valence-corrected chi connectivity index (χ4v) is 5.69. The van der Waals surface area contributed by atoms with Gasteiger partial charge in [0.2, 0.25) is 0 Å². The van der Waals surface area contributed by atoms with Gasteiger partial charge in [-0.25, -0.2) is 0 Å². The van der Waals surface area contributed by atoms with Crippen LogP contribution in [0.3, 0.4) is 0 Å². The van der Waals surface area contributed by atoms with E-state index in [0.717, 1.165) is 80.2 Å². The Bertz CT molecular complexity index is 1290. The third-order valence-corrected chi connectivity index (χ3v) is 8.01. The highest BCUT2D eigenvalue weighted by Crippen LogP contribution is 2.22. The number of fused-ring (bicyclic) bond motifs is 1. The third-order valence-electron chi connectivity index (χ3n) is 7.00. The summed E-state index contributed by atoms with van der Waals surface area (Å²) in [5.41, 5.74) is 4.36. The van der Waals surface area contributed by atoms with Gasteiger partial charge < -0.3 is 20.1 Å². The van der Waals surface area contributed by atoms with Crippen LogP contribution in [-0.2, 0) is 24.8 Å². The first-order chi connectivity index (χ1) is 19.2. The molecule has 1 aromatic carbocycles. The molecule has 1 aliphatic carbocycles. The number of benzene rings is 1. The van der Waals surface area contributed by atoms with Crippen LogP contribution in [0.2, 0.25) is 0 Å². The number of rotatable bonds is 7. The van der Waals surface area contributed by atoms with Gasteiger partial charge in [-0.15, -0.1) is 11.3 Å². The Hall–Kier alpha value is -3.14. The first-order valence-electron chi connectivity index (χ1n) is 14.1. The number of hydrogen-bond acceptors (Lipinski definition) is 7. The van der Waals surface area contributed by atoms with Crippen molar-refractivity contribution in [2.75, 3.05) is 38.0 Å². The molecule has 1 fully saturated rings. The lowest BCUT2D eigenvalue weighted by atomic mass is 10.0. The van der Waals surface area contributed by atoms with Gasteiger partial charge in [-0.1, -0.05) is 50.3 Å². The van der Waals surface area contributed by atoms with E-state index in [1.54, 1.807) is 17.6 Å². The molecule has 1 aromatic heterocycles. The third kappa shape index (κ3) is 7.94. The maximum Gasteiger partial charge on any atom is 0.275 e. The van der Waals surface area contributed by atoms with Crippen molar-refractivity contribution in [1.29, 1.82) is 0 Å². The summed E-state index contributed by atoms with van der Waals surface area (Å²) in [6.45, 7) is 9.93. The minimum absolute atomic E-state index is 0.0550. The number of carbonyl (C=O) groups is 1. The van der Waals surface area contributed by atoms with Crippen LogP contribution >= 0.6 is 11.3 Å². The molecule has 2 aliphatic heterocycles. The van der Waals surface area contributed by atoms with E-state index in [9.17, 15) is 4.79 Å². The van der Waals surface area contributed by atoms with Crippen LogP contribution in [0.15, 0.2) is 68.5 Å². The second-order valence-corrected chi connectivity index (χ2v) is 10.4. The number of aromatic nitrogens is 1. The second-order valence-electron chi connectivity index (χ2n) is 9.54. The molecule has 0 spiro atoms. The predicted molar refractivity (Wildman–Crippen MR) is 163 cm³/mol. The summed E-state index contributed by atoms with van der Waals surface area (Å²) in [6.07, 6.45) is 11.7. The number of piperazine rings is 1. The molecule has 1 atom stereocenters. The van der Waals surface area contributed by atoms with Crippen molar-refractivity contribution >= 4 is 34.9 Å². The van der Waals surface area contributed by atoms with E-state index in [1.807, 2.05) is 38.1 Å². The summed E-state index contributed by atoms with van der Waals surface area (Å²) in [6, 6.07) is 7.78. The summed E-state index contributed by atoms with van der Waals surface area (Å²) < 4.78 is 2.19. The van der Waals surface area contributed by atoms with Gasteiger partial charge in [-0.05, 0) is 30.9 Å². The molecule has 2 aromatic rings. The predicted octanol–water partition coefficient (Wildman–Crippen LogP) is 4.12. The second kappa shape index (κ2) is 14.9. The Morgan fingerprint density at radius 3 is 2.87 bits per heavy atom. The highest BCUT2D eigenvalue weighted by molar-refractivity contribution is 7.07. The highest BCUT2D eigenvalue weighted by atomic mass is 32.1. The number of nitrogens with zero attached hydrogens (tertiary/aromatic N) is 5. The van der Waals surface area contributed by atoms with Crippen LogP contribution < -0.4 is 15.4 Å². The molecule has 3 heterocycles. The molecule has 0 bridgehead atoms. The molecule has 5 rings (SSSR count). The van der Waals surface area contributed by atoms with Gasteiger partial charge in [0.1, 0.15) is 5.71 Å². The number of nitrogens with one attached hydrogen (secondary N) is 2. The number of para-hydroxylation sites is 1. The molecule has 0 saturated carbocycles. The number of amides is 1. The number of allylic oxidation sites excluding steroid dienone is 3. The van der Waals surface area contributed by atoms with E-state index in [1.165, 1.54) is 5.69 Å². The largest absolute Gasteiger partial charge is 0.324 e. The first-order valence-corrected chi connectivity index (χ1v) is 15.0. The molecule has 2 N–H and O–H groups in total. The molecule has 8 nitrogen and oxygen atoms in total. The van der Waals surface area contributed by atoms with Crippen molar-refractivity contribution < 1.29 is 4.79 Å². The van der Waals surface area contributed by atoms with Crippen LogP contribution in [-0.4, -0.2) is 66.1 Å². The zero-order valence-corrected chi connectivity index (χ0v) is 24.2. The average Bonchev–Trinajstić information content (AvgIpc) is 3.32. The number of thiazole rings is 1. The standard InChI is InChI=1S/C28H35N7OS.C2H6/c1-34-22(12-15-35-16-13-29-14-17-35)20-37-28(34)31-18-21-8-6-7-9-23(21)33-27(36)26-19-30-24-10-4-2-3-5-11-25(24)32-26;1-2/h2-3,6-10,19-20,25,29H,4-5,11-18H2,1H3,(H,33,36);1-2H3/b3-2-,24-10+,31-28?;. The van der Waals surface area contributed by atoms with Crippen molar-refractivity contribution in [2.24, 2.45) is 22.0 Å². The van der Waals surface area contributed by atoms with Crippen LogP contribution in [0.1, 0.15) is 44.4 Å². The Labute approximate surface area is 236 Å². The van der Waals surface area contributed by atoms with E-state index in [-0.39, 0.29) is 11.9 Å². The molecular formula is C30H41N7OS. The lowest BCUT2D eigenvalue weighted by Gasteiger charge is -2.27. The molecule has 1 amide bonds. The Balaban J connectivity index is 0.00000172. The minimum atomic E-state index is -0.232. The van der Waals surface area contributed by atoms with Crippen LogP contribution in [0, 0.1) is 0 Å². The van der Waals surface area contributed by atoms with Crippen LogP contribution in [0.25, 0.3) is 0 Å². The fourth-order valence-electron chi connectivity index (χ4n) is 4.76. The zero-order chi connectivity index (χ0) is 27.5. The van der Waals surface area contributed by atoms with Crippen LogP contribution in [0.4, 0.5) is 5.69 Å². The van der Waals surface area contributed by atoms with Gasteiger partial charge in [-0.3, -0.25) is 19.8 Å². The molecule has 3 aliphatic rings. The summed E-state index contributed by atoms with van der Waals surface area (Å²) in [4.78, 5) is 30.7. The van der Waals surface area contributed by atoms with E-state index < -0.39 is 0 Å². The number of carbonyl (C=O) groups excluding carboxylic acids is 1. The van der Waals surface area contributed by atoms with E-state index in [0.29, 0.717) is 12.3 Å². The normalized spacial score (nSPS) is 21.8. The molecule has 1 saturated heterocycles. The molecule has 9 heteroatoms. The molecule has 0 radical (unpaired) electrons. The maximum absolute atomic E-state index is 13.1. The molecule has 1 unspecified atom stereocenters. The summed E-state index contributed by atoms with van der Waals surface area (Å²) >= 11 is 1.67. The summed E-state index contributed by atoms with van der Waals surface area (Å²) in [5.74, 6) is -0.232. The summed E-state index contributed by atoms with van der Waals surface area (Å²) in [5, 5.41) is 8.67. The fraction of sp³-hybridized carbons (Fsp3) is 0.467. The highest BCUT2D eigenvalue weighted by Gasteiger charge is 2.21. The quantitative estimate of drug-likeness (QED) is 0.512. The van der Waals surface area contributed by atoms with Crippen molar-refractivity contribution in [1.82, 2.24) is 14.8 Å². The van der Waals surface area contributed by atoms with Gasteiger partial charge in [0.25, 0.3) is 5.91 Å². The smallest absolute Gasteiger partial charge is 0.275 e. The lowest BCUT2D eigenvalue weighted by Crippen LogP contribution is -2.44. The molecule has 208 valence electrons. The maximum atomic E-state index is 13.1. The van der Waals surface area contributed by atoms with E-state index in [4.69, 9.17) is 9.98 Å². The van der Waals surface area contributed by atoms with Crippen molar-refractivity contribution in [2.45, 2.75) is 52.1 Å². The Kier molecular flexibility index (Phi) is 11.0. The van der Waals surface area contributed by atoms with E-state index >= 15 is 0 Å². The molecular weight excluding hydrogens is 506 g/mol. The SMILES string of the molecule is CC.Cn1c(CCN2CCNCC2)csc1=NCc1ccccc1NC(=O)C1=NC2CC/C=C\C/C=C\2N=C1. The first kappa shape index (κ1) is 28.9. The Morgan fingerprint density at radius 1 is 1.21 bits per heavy atom. The van der Waals surface area contributed by atoms with Gasteiger partial charge in [-0.2, -0.15) is 0 Å². The van der Waals surface area contributed by atoms with Gasteiger partial charge >= 0.3 is 0 Å². The summed E-state index contributed by atoms with van der Waals surface area (Å²) in [7, 11) is 2.09. The van der Waals surface area contributed by atoms with Gasteiger partial charge in [0.05, 0.1) is 24.5 Å². The van der Waals surface area contributed by atoms with Crippen molar-refractivity contribution in [3.63, 3.8) is 0 Å². The number of anilines is 1. The van der Waals surface area contributed by atoms with E-state index in [2.05, 4.69) is 55.7 Å². The minimum Gasteiger partial charge on any atom is -0.324 e. The van der Waals surface area contributed by atoms with Gasteiger partial charge in [0, 0.05) is 63.0 Å². The van der Waals surface area contributed by atoms with Gasteiger partial charge in [0.15, 0.2) is 4.80 Å². The Morgan fingerprint density at radius 2 is 2.03 bits per heavy atom. The van der Waals surface area contributed by atoms with Crippen molar-refractivity contribution in [3.8, 4) is 0 Å². The topological polar surface area (TPSA) is 86.4 Å². The zero-order valence-electron chi connectivity index (χ0n) is 23.4. The lowest BCUT2D eigenvalue weighted by molar-refractivity contribution is -0.110. The van der Waals surface area contributed by atoms with Crippen molar-refractivity contribution in [3.05, 3.63) is 69.6 Å². The number of aliphatic imine (C=N–C) groups is 2. The molecule has 39 heavy (non-hydrogen) atoms.